The first-order valence-electron chi connectivity index (χ1n) is 6.38. The molecule has 1 saturated heterocycles. The van der Waals surface area contributed by atoms with Crippen molar-refractivity contribution in [3.63, 3.8) is 0 Å². The van der Waals surface area contributed by atoms with E-state index in [1.54, 1.807) is 18.4 Å². The molecule has 2 aromatic heterocycles. The lowest BCUT2D eigenvalue weighted by molar-refractivity contribution is 0.461. The van der Waals surface area contributed by atoms with Gasteiger partial charge in [0.1, 0.15) is 0 Å². The first-order valence-corrected chi connectivity index (χ1v) is 8.20. The van der Waals surface area contributed by atoms with E-state index < -0.39 is 9.84 Å². The number of rotatable bonds is 5. The molecule has 9 heteroatoms. The largest absolute Gasteiger partial charge is 0.461 e. The van der Waals surface area contributed by atoms with Crippen molar-refractivity contribution in [1.29, 1.82) is 0 Å². The first-order chi connectivity index (χ1) is 9.62. The highest BCUT2D eigenvalue weighted by Crippen LogP contribution is 2.13. The quantitative estimate of drug-likeness (QED) is 0.808. The maximum atomic E-state index is 11.3. The van der Waals surface area contributed by atoms with Crippen molar-refractivity contribution in [2.75, 3.05) is 18.1 Å². The smallest absolute Gasteiger partial charge is 0.240 e. The van der Waals surface area contributed by atoms with E-state index in [-0.39, 0.29) is 17.5 Å². The van der Waals surface area contributed by atoms with Crippen LogP contribution in [0.15, 0.2) is 22.8 Å². The minimum Gasteiger partial charge on any atom is -0.461 e. The Labute approximate surface area is 116 Å². The van der Waals surface area contributed by atoms with Gasteiger partial charge >= 0.3 is 0 Å². The standard InChI is InChI=1S/C11H15N5O3S/c17-20(18)7-3-9(8-20)12-4-5-16-14-11(13-15-16)10-2-1-6-19-10/h1-2,6,9,12H,3-5,7-8H2. The maximum Gasteiger partial charge on any atom is 0.240 e. The molecule has 1 unspecified atom stereocenters. The van der Waals surface area contributed by atoms with Crippen LogP contribution in [-0.2, 0) is 16.4 Å². The number of aromatic nitrogens is 4. The Morgan fingerprint density at radius 2 is 2.40 bits per heavy atom. The number of nitrogens with zero attached hydrogens (tertiary/aromatic N) is 4. The van der Waals surface area contributed by atoms with Gasteiger partial charge in [0.25, 0.3) is 0 Å². The van der Waals surface area contributed by atoms with Crippen LogP contribution in [0.3, 0.4) is 0 Å². The van der Waals surface area contributed by atoms with Crippen LogP contribution in [0.25, 0.3) is 11.6 Å². The molecule has 0 bridgehead atoms. The Kier molecular flexibility index (Phi) is 3.53. The van der Waals surface area contributed by atoms with Gasteiger partial charge in [-0.05, 0) is 23.8 Å². The number of sulfone groups is 1. The molecule has 1 fully saturated rings. The number of furan rings is 1. The predicted octanol–water partition coefficient (Wildman–Crippen LogP) is -0.290. The van der Waals surface area contributed by atoms with E-state index in [0.717, 1.165) is 0 Å². The summed E-state index contributed by atoms with van der Waals surface area (Å²) < 4.78 is 27.8. The molecular weight excluding hydrogens is 282 g/mol. The Morgan fingerprint density at radius 1 is 1.50 bits per heavy atom. The fourth-order valence-electron chi connectivity index (χ4n) is 2.17. The predicted molar refractivity (Wildman–Crippen MR) is 70.6 cm³/mol. The summed E-state index contributed by atoms with van der Waals surface area (Å²) in [4.78, 5) is 1.47. The molecule has 3 rings (SSSR count). The summed E-state index contributed by atoms with van der Waals surface area (Å²) in [5, 5.41) is 15.2. The second-order valence-electron chi connectivity index (χ2n) is 4.74. The molecule has 1 atom stereocenters. The van der Waals surface area contributed by atoms with Crippen molar-refractivity contribution in [2.45, 2.75) is 19.0 Å². The number of hydrogen-bond acceptors (Lipinski definition) is 7. The lowest BCUT2D eigenvalue weighted by atomic mass is 10.3. The second kappa shape index (κ2) is 5.33. The van der Waals surface area contributed by atoms with Gasteiger partial charge in [-0.3, -0.25) is 0 Å². The summed E-state index contributed by atoms with van der Waals surface area (Å²) >= 11 is 0. The summed E-state index contributed by atoms with van der Waals surface area (Å²) in [5.41, 5.74) is 0. The highest BCUT2D eigenvalue weighted by molar-refractivity contribution is 7.91. The fraction of sp³-hybridized carbons (Fsp3) is 0.545. The lowest BCUT2D eigenvalue weighted by Crippen LogP contribution is -2.33. The van der Waals surface area contributed by atoms with Gasteiger partial charge in [0.05, 0.1) is 24.3 Å². The summed E-state index contributed by atoms with van der Waals surface area (Å²) in [6.07, 6.45) is 2.23. The summed E-state index contributed by atoms with van der Waals surface area (Å²) in [6, 6.07) is 3.56. The van der Waals surface area contributed by atoms with E-state index in [0.29, 0.717) is 31.1 Å². The van der Waals surface area contributed by atoms with Gasteiger partial charge in [-0.25, -0.2) is 8.42 Å². The Bertz CT molecular complexity index is 664. The van der Waals surface area contributed by atoms with Gasteiger partial charge in [-0.2, -0.15) is 4.80 Å². The molecule has 1 aliphatic rings. The molecule has 1 aliphatic heterocycles. The lowest BCUT2D eigenvalue weighted by Gasteiger charge is -2.09. The molecule has 1 N–H and O–H groups in total. The molecule has 0 amide bonds. The van der Waals surface area contributed by atoms with Crippen molar-refractivity contribution in [1.82, 2.24) is 25.5 Å². The minimum absolute atomic E-state index is 0.0352. The van der Waals surface area contributed by atoms with Crippen LogP contribution in [0.5, 0.6) is 0 Å². The van der Waals surface area contributed by atoms with Crippen molar-refractivity contribution in [3.8, 4) is 11.6 Å². The van der Waals surface area contributed by atoms with Crippen LogP contribution in [0.2, 0.25) is 0 Å². The number of nitrogens with one attached hydrogen (secondary N) is 1. The van der Waals surface area contributed by atoms with Gasteiger partial charge in [-0.1, -0.05) is 0 Å². The minimum atomic E-state index is -2.84. The van der Waals surface area contributed by atoms with Crippen LogP contribution in [0.1, 0.15) is 6.42 Å². The molecule has 20 heavy (non-hydrogen) atoms. The van der Waals surface area contributed by atoms with Crippen molar-refractivity contribution in [3.05, 3.63) is 18.4 Å². The van der Waals surface area contributed by atoms with Gasteiger partial charge in [-0.15, -0.1) is 10.2 Å². The summed E-state index contributed by atoms with van der Waals surface area (Å²) in [6.45, 7) is 1.14. The molecule has 3 heterocycles. The van der Waals surface area contributed by atoms with Crippen molar-refractivity contribution in [2.24, 2.45) is 0 Å². The highest BCUT2D eigenvalue weighted by Gasteiger charge is 2.27. The van der Waals surface area contributed by atoms with Gasteiger partial charge in [0.2, 0.25) is 5.82 Å². The third-order valence-electron chi connectivity index (χ3n) is 3.17. The van der Waals surface area contributed by atoms with Gasteiger partial charge in [0.15, 0.2) is 15.6 Å². The van der Waals surface area contributed by atoms with E-state index in [1.165, 1.54) is 4.80 Å². The third kappa shape index (κ3) is 3.05. The molecule has 108 valence electrons. The summed E-state index contributed by atoms with van der Waals surface area (Å²) in [7, 11) is -2.84. The summed E-state index contributed by atoms with van der Waals surface area (Å²) in [5.74, 6) is 1.51. The van der Waals surface area contributed by atoms with Crippen molar-refractivity contribution < 1.29 is 12.8 Å². The zero-order valence-electron chi connectivity index (χ0n) is 10.8. The molecule has 0 aromatic carbocycles. The van der Waals surface area contributed by atoms with Gasteiger partial charge in [0, 0.05) is 12.6 Å². The van der Waals surface area contributed by atoms with E-state index in [2.05, 4.69) is 20.7 Å². The van der Waals surface area contributed by atoms with Crippen LogP contribution < -0.4 is 5.32 Å². The number of tetrazole rings is 1. The Morgan fingerprint density at radius 3 is 3.10 bits per heavy atom. The van der Waals surface area contributed by atoms with E-state index >= 15 is 0 Å². The average Bonchev–Trinajstić information content (AvgIpc) is 3.09. The maximum absolute atomic E-state index is 11.3. The van der Waals surface area contributed by atoms with Gasteiger partial charge < -0.3 is 9.73 Å². The molecule has 0 radical (unpaired) electrons. The normalized spacial score (nSPS) is 21.3. The monoisotopic (exact) mass is 297 g/mol. The highest BCUT2D eigenvalue weighted by atomic mass is 32.2. The molecule has 0 spiro atoms. The van der Waals surface area contributed by atoms with Crippen LogP contribution in [0.4, 0.5) is 0 Å². The molecule has 0 saturated carbocycles. The molecular formula is C11H15N5O3S. The number of hydrogen-bond donors (Lipinski definition) is 1. The average molecular weight is 297 g/mol. The van der Waals surface area contributed by atoms with Crippen molar-refractivity contribution >= 4 is 9.84 Å². The van der Waals surface area contributed by atoms with E-state index in [9.17, 15) is 8.42 Å². The fourth-order valence-corrected chi connectivity index (χ4v) is 3.87. The van der Waals surface area contributed by atoms with E-state index in [1.807, 2.05) is 0 Å². The third-order valence-corrected chi connectivity index (χ3v) is 4.94. The Balaban J connectivity index is 1.50. The first kappa shape index (κ1) is 13.3. The van der Waals surface area contributed by atoms with Crippen LogP contribution in [0, 0.1) is 0 Å². The zero-order chi connectivity index (χ0) is 14.0. The van der Waals surface area contributed by atoms with Crippen LogP contribution >= 0.6 is 0 Å². The molecule has 2 aromatic rings. The topological polar surface area (TPSA) is 103 Å². The van der Waals surface area contributed by atoms with Crippen LogP contribution in [-0.4, -0.2) is 52.7 Å². The molecule has 8 nitrogen and oxygen atoms in total. The van der Waals surface area contributed by atoms with E-state index in [4.69, 9.17) is 4.42 Å². The SMILES string of the molecule is O=S1(=O)CCC(NCCn2nnc(-c3ccco3)n2)C1. The Hall–Kier alpha value is -1.74. The second-order valence-corrected chi connectivity index (χ2v) is 6.97. The molecule has 0 aliphatic carbocycles. The zero-order valence-corrected chi connectivity index (χ0v) is 11.6.